The minimum absolute atomic E-state index is 0.0738. The molecule has 4 N–H and O–H groups in total. The number of carbonyl (C=O) groups excluding carboxylic acids is 2. The molecule has 0 spiro atoms. The number of urea groups is 1. The second-order valence-electron chi connectivity index (χ2n) is 4.28. The summed E-state index contributed by atoms with van der Waals surface area (Å²) in [6, 6.07) is 4.38. The van der Waals surface area contributed by atoms with Crippen LogP contribution in [0.3, 0.4) is 0 Å². The summed E-state index contributed by atoms with van der Waals surface area (Å²) < 4.78 is 0. The predicted octanol–water partition coefficient (Wildman–Crippen LogP) is 0.708. The first kappa shape index (κ1) is 13.5. The van der Waals surface area contributed by atoms with Crippen LogP contribution in [0, 0.1) is 10.1 Å². The second kappa shape index (κ2) is 5.00. The van der Waals surface area contributed by atoms with Gasteiger partial charge in [0.1, 0.15) is 0 Å². The molecule has 0 radical (unpaired) electrons. The van der Waals surface area contributed by atoms with Crippen LogP contribution in [0.2, 0.25) is 0 Å². The number of nitrogens with one attached hydrogen (secondary N) is 2. The first-order valence-electron chi connectivity index (χ1n) is 5.72. The molecular formula is C12H12N4O4. The maximum absolute atomic E-state index is 11.5. The number of benzene rings is 1. The van der Waals surface area contributed by atoms with Crippen molar-refractivity contribution in [3.8, 4) is 0 Å². The highest BCUT2D eigenvalue weighted by atomic mass is 16.6. The summed E-state index contributed by atoms with van der Waals surface area (Å²) in [6.45, 7) is 1.57. The third-order valence-corrected chi connectivity index (χ3v) is 2.97. The molecule has 1 heterocycles. The van der Waals surface area contributed by atoms with E-state index in [1.54, 1.807) is 6.92 Å². The Morgan fingerprint density at radius 3 is 2.45 bits per heavy atom. The molecular weight excluding hydrogens is 264 g/mol. The molecule has 1 aliphatic rings. The van der Waals surface area contributed by atoms with Crippen molar-refractivity contribution < 1.29 is 14.5 Å². The Morgan fingerprint density at radius 2 is 1.95 bits per heavy atom. The molecule has 3 amide bonds. The van der Waals surface area contributed by atoms with Gasteiger partial charge in [0.15, 0.2) is 0 Å². The highest BCUT2D eigenvalue weighted by Crippen LogP contribution is 2.27. The van der Waals surface area contributed by atoms with E-state index in [0.29, 0.717) is 11.3 Å². The van der Waals surface area contributed by atoms with Gasteiger partial charge in [0, 0.05) is 17.8 Å². The molecule has 0 aliphatic carbocycles. The average molecular weight is 276 g/mol. The second-order valence-corrected chi connectivity index (χ2v) is 4.28. The predicted molar refractivity (Wildman–Crippen MR) is 69.4 cm³/mol. The fourth-order valence-corrected chi connectivity index (χ4v) is 2.06. The number of non-ortho nitro benzene ring substituents is 1. The third kappa shape index (κ3) is 2.44. The maximum atomic E-state index is 11.5. The van der Waals surface area contributed by atoms with Crippen molar-refractivity contribution in [1.82, 2.24) is 10.6 Å². The molecule has 2 rings (SSSR count). The lowest BCUT2D eigenvalue weighted by Gasteiger charge is -2.27. The Morgan fingerprint density at radius 1 is 1.35 bits per heavy atom. The molecule has 0 saturated carbocycles. The van der Waals surface area contributed by atoms with Gasteiger partial charge >= 0.3 is 6.03 Å². The smallest absolute Gasteiger partial charge is 0.319 e. The molecule has 104 valence electrons. The van der Waals surface area contributed by atoms with Gasteiger partial charge in [-0.3, -0.25) is 14.9 Å². The first-order chi connectivity index (χ1) is 9.40. The quantitative estimate of drug-likeness (QED) is 0.554. The highest BCUT2D eigenvalue weighted by Gasteiger charge is 2.29. The minimum Gasteiger partial charge on any atom is -0.366 e. The van der Waals surface area contributed by atoms with Gasteiger partial charge in [0.25, 0.3) is 5.69 Å². The van der Waals surface area contributed by atoms with E-state index in [2.05, 4.69) is 10.6 Å². The van der Waals surface area contributed by atoms with Crippen molar-refractivity contribution in [2.75, 3.05) is 0 Å². The largest absolute Gasteiger partial charge is 0.366 e. The molecule has 0 bridgehead atoms. The number of nitrogens with zero attached hydrogens (tertiary/aromatic N) is 1. The van der Waals surface area contributed by atoms with Crippen LogP contribution in [0.1, 0.15) is 18.5 Å². The Kier molecular flexibility index (Phi) is 3.38. The molecule has 1 aromatic rings. The van der Waals surface area contributed by atoms with E-state index >= 15 is 0 Å². The van der Waals surface area contributed by atoms with Crippen LogP contribution in [0.5, 0.6) is 0 Å². The van der Waals surface area contributed by atoms with Gasteiger partial charge in [-0.15, -0.1) is 0 Å². The molecule has 0 aromatic heterocycles. The van der Waals surface area contributed by atoms with E-state index in [4.69, 9.17) is 5.73 Å². The summed E-state index contributed by atoms with van der Waals surface area (Å²) in [5, 5.41) is 15.6. The number of rotatable bonds is 3. The summed E-state index contributed by atoms with van der Waals surface area (Å²) in [4.78, 5) is 33.1. The summed E-state index contributed by atoms with van der Waals surface area (Å²) in [5.41, 5.74) is 6.37. The number of hydrogen-bond donors (Lipinski definition) is 3. The zero-order valence-corrected chi connectivity index (χ0v) is 10.5. The van der Waals surface area contributed by atoms with Gasteiger partial charge in [-0.2, -0.15) is 0 Å². The molecule has 8 heteroatoms. The topological polar surface area (TPSA) is 127 Å². The van der Waals surface area contributed by atoms with Crippen molar-refractivity contribution in [3.63, 3.8) is 0 Å². The Hall–Kier alpha value is -2.90. The highest BCUT2D eigenvalue weighted by molar-refractivity contribution is 5.97. The van der Waals surface area contributed by atoms with Crippen LogP contribution in [0.15, 0.2) is 35.5 Å². The number of carbonyl (C=O) groups is 2. The lowest BCUT2D eigenvalue weighted by atomic mass is 9.95. The lowest BCUT2D eigenvalue weighted by molar-refractivity contribution is -0.384. The lowest BCUT2D eigenvalue weighted by Crippen LogP contribution is -2.46. The molecule has 20 heavy (non-hydrogen) atoms. The van der Waals surface area contributed by atoms with Crippen molar-refractivity contribution in [2.45, 2.75) is 13.0 Å². The summed E-state index contributed by atoms with van der Waals surface area (Å²) >= 11 is 0. The SMILES string of the molecule is CC1=C(C(N)=O)[C@@H](c2ccc([N+](=O)[O-])cc2)NC(=O)N1. The molecule has 1 aliphatic heterocycles. The normalized spacial score (nSPS) is 18.2. The van der Waals surface area contributed by atoms with Crippen molar-refractivity contribution in [1.29, 1.82) is 0 Å². The van der Waals surface area contributed by atoms with Gasteiger partial charge in [-0.25, -0.2) is 4.79 Å². The van der Waals surface area contributed by atoms with Crippen LogP contribution in [0.4, 0.5) is 10.5 Å². The van der Waals surface area contributed by atoms with Crippen molar-refractivity contribution >= 4 is 17.6 Å². The van der Waals surface area contributed by atoms with Crippen LogP contribution < -0.4 is 16.4 Å². The average Bonchev–Trinajstić information content (AvgIpc) is 2.37. The van der Waals surface area contributed by atoms with E-state index < -0.39 is 22.9 Å². The van der Waals surface area contributed by atoms with Gasteiger partial charge < -0.3 is 16.4 Å². The van der Waals surface area contributed by atoms with E-state index in [1.165, 1.54) is 24.3 Å². The Labute approximate surface area is 113 Å². The monoisotopic (exact) mass is 276 g/mol. The standard InChI is InChI=1S/C12H12N4O4/c1-6-9(11(13)17)10(15-12(18)14-6)7-2-4-8(5-3-7)16(19)20/h2-5,10H,1H3,(H2,13,17)(H2,14,15,18)/t10-/m1/s1. The van der Waals surface area contributed by atoms with Crippen molar-refractivity contribution in [3.05, 3.63) is 51.2 Å². The molecule has 0 fully saturated rings. The van der Waals surface area contributed by atoms with Gasteiger partial charge in [-0.05, 0) is 24.6 Å². The summed E-state index contributed by atoms with van der Waals surface area (Å²) in [6.07, 6.45) is 0. The summed E-state index contributed by atoms with van der Waals surface area (Å²) in [7, 11) is 0. The maximum Gasteiger partial charge on any atom is 0.319 e. The first-order valence-corrected chi connectivity index (χ1v) is 5.72. The van der Waals surface area contributed by atoms with Gasteiger partial charge in [-0.1, -0.05) is 0 Å². The fourth-order valence-electron chi connectivity index (χ4n) is 2.06. The third-order valence-electron chi connectivity index (χ3n) is 2.97. The zero-order valence-electron chi connectivity index (χ0n) is 10.5. The van der Waals surface area contributed by atoms with Gasteiger partial charge in [0.2, 0.25) is 5.91 Å². The number of hydrogen-bond acceptors (Lipinski definition) is 4. The molecule has 8 nitrogen and oxygen atoms in total. The molecule has 1 atom stereocenters. The number of nitro groups is 1. The Bertz CT molecular complexity index is 621. The van der Waals surface area contributed by atoms with E-state index in [9.17, 15) is 19.7 Å². The minimum atomic E-state index is -0.720. The summed E-state index contributed by atoms with van der Waals surface area (Å²) in [5.74, 6) is -0.668. The number of amides is 3. The van der Waals surface area contributed by atoms with Crippen LogP contribution in [-0.4, -0.2) is 16.9 Å². The Balaban J connectivity index is 2.43. The van der Waals surface area contributed by atoms with E-state index in [1.807, 2.05) is 0 Å². The van der Waals surface area contributed by atoms with Crippen molar-refractivity contribution in [2.24, 2.45) is 5.73 Å². The molecule has 0 saturated heterocycles. The number of allylic oxidation sites excluding steroid dienone is 1. The fraction of sp³-hybridized carbons (Fsp3) is 0.167. The van der Waals surface area contributed by atoms with E-state index in [0.717, 1.165) is 0 Å². The number of nitro benzene ring substituents is 1. The van der Waals surface area contributed by atoms with Crippen LogP contribution >= 0.6 is 0 Å². The van der Waals surface area contributed by atoms with Crippen LogP contribution in [0.25, 0.3) is 0 Å². The van der Waals surface area contributed by atoms with E-state index in [-0.39, 0.29) is 11.3 Å². The number of nitrogens with two attached hydrogens (primary N) is 1. The molecule has 1 aromatic carbocycles. The molecule has 0 unspecified atom stereocenters. The zero-order chi connectivity index (χ0) is 14.9. The number of primary amides is 1. The van der Waals surface area contributed by atoms with Crippen LogP contribution in [-0.2, 0) is 4.79 Å². The van der Waals surface area contributed by atoms with Gasteiger partial charge in [0.05, 0.1) is 16.5 Å².